The first-order valence-electron chi connectivity index (χ1n) is 7.46. The van der Waals surface area contributed by atoms with Gasteiger partial charge in [-0.1, -0.05) is 61.7 Å². The molecule has 1 aliphatic rings. The summed E-state index contributed by atoms with van der Waals surface area (Å²) in [5.41, 5.74) is 7.20. The van der Waals surface area contributed by atoms with E-state index >= 15 is 0 Å². The Morgan fingerprint density at radius 3 is 2.53 bits per heavy atom. The molecule has 0 heterocycles. The van der Waals surface area contributed by atoms with Crippen LogP contribution in [-0.2, 0) is 0 Å². The molecule has 2 N–H and O–H groups in total. The van der Waals surface area contributed by atoms with Crippen molar-refractivity contribution >= 4 is 6.08 Å². The molecular formula is C17H26N2. The molecule has 0 saturated heterocycles. The first-order valence-corrected chi connectivity index (χ1v) is 7.46. The molecule has 1 unspecified atom stereocenters. The Labute approximate surface area is 117 Å². The quantitative estimate of drug-likeness (QED) is 0.878. The molecule has 1 aliphatic carbocycles. The lowest BCUT2D eigenvalue weighted by molar-refractivity contribution is 0.164. The third kappa shape index (κ3) is 4.19. The number of nitrogens with zero attached hydrogens (tertiary/aromatic N) is 1. The fraction of sp³-hybridized carbons (Fsp3) is 0.529. The predicted octanol–water partition coefficient (Wildman–Crippen LogP) is 3.29. The van der Waals surface area contributed by atoms with Crippen LogP contribution in [0, 0.1) is 0 Å². The van der Waals surface area contributed by atoms with E-state index < -0.39 is 0 Å². The maximum Gasteiger partial charge on any atom is 0.0404 e. The molecule has 0 amide bonds. The van der Waals surface area contributed by atoms with Crippen molar-refractivity contribution in [3.05, 3.63) is 42.0 Å². The van der Waals surface area contributed by atoms with E-state index in [1.165, 1.54) is 37.7 Å². The van der Waals surface area contributed by atoms with Gasteiger partial charge in [-0.05, 0) is 25.5 Å². The Morgan fingerprint density at radius 2 is 1.89 bits per heavy atom. The zero-order chi connectivity index (χ0) is 13.5. The van der Waals surface area contributed by atoms with Crippen molar-refractivity contribution in [1.29, 1.82) is 0 Å². The molecule has 0 spiro atoms. The lowest BCUT2D eigenvalue weighted by Gasteiger charge is -2.35. The highest BCUT2D eigenvalue weighted by Crippen LogP contribution is 2.23. The third-order valence-corrected chi connectivity index (χ3v) is 4.23. The van der Waals surface area contributed by atoms with Crippen molar-refractivity contribution in [2.45, 2.75) is 44.2 Å². The van der Waals surface area contributed by atoms with Gasteiger partial charge < -0.3 is 5.73 Å². The van der Waals surface area contributed by atoms with Crippen molar-refractivity contribution in [2.75, 3.05) is 13.6 Å². The summed E-state index contributed by atoms with van der Waals surface area (Å²) in [6.07, 6.45) is 11.2. The first-order chi connectivity index (χ1) is 9.31. The second-order valence-corrected chi connectivity index (χ2v) is 5.53. The van der Waals surface area contributed by atoms with Gasteiger partial charge in [0.25, 0.3) is 0 Å². The molecule has 0 aromatic heterocycles. The van der Waals surface area contributed by atoms with Gasteiger partial charge in [-0.3, -0.25) is 4.90 Å². The van der Waals surface area contributed by atoms with Crippen LogP contribution < -0.4 is 5.73 Å². The van der Waals surface area contributed by atoms with Gasteiger partial charge in [0.2, 0.25) is 0 Å². The van der Waals surface area contributed by atoms with Crippen LogP contribution in [0.15, 0.2) is 36.4 Å². The number of rotatable bonds is 5. The maximum absolute atomic E-state index is 5.95. The minimum atomic E-state index is 0.350. The summed E-state index contributed by atoms with van der Waals surface area (Å²) >= 11 is 0. The number of nitrogens with two attached hydrogens (primary N) is 1. The Hall–Kier alpha value is -1.12. The topological polar surface area (TPSA) is 29.3 Å². The minimum Gasteiger partial charge on any atom is -0.329 e. The largest absolute Gasteiger partial charge is 0.329 e. The highest BCUT2D eigenvalue weighted by atomic mass is 15.2. The summed E-state index contributed by atoms with van der Waals surface area (Å²) in [7, 11) is 2.23. The molecule has 1 atom stereocenters. The van der Waals surface area contributed by atoms with Crippen molar-refractivity contribution in [3.63, 3.8) is 0 Å². The molecule has 0 radical (unpaired) electrons. The summed E-state index contributed by atoms with van der Waals surface area (Å²) in [6, 6.07) is 11.5. The van der Waals surface area contributed by atoms with Crippen molar-refractivity contribution in [1.82, 2.24) is 4.90 Å². The van der Waals surface area contributed by atoms with Gasteiger partial charge in [0.05, 0.1) is 0 Å². The smallest absolute Gasteiger partial charge is 0.0404 e. The standard InChI is InChI=1S/C17H26N2/c1-19(16-10-6-3-7-11-16)17(14-18)13-12-15-8-4-2-5-9-15/h2,4-5,8-9,12-13,16-17H,3,6-7,10-11,14,18H2,1H3/b13-12-. The van der Waals surface area contributed by atoms with Gasteiger partial charge in [0.1, 0.15) is 0 Å². The second kappa shape index (κ2) is 7.46. The number of hydrogen-bond acceptors (Lipinski definition) is 2. The van der Waals surface area contributed by atoms with Gasteiger partial charge in [-0.2, -0.15) is 0 Å². The van der Waals surface area contributed by atoms with Gasteiger partial charge in [0, 0.05) is 18.6 Å². The Bertz CT molecular complexity index is 380. The zero-order valence-corrected chi connectivity index (χ0v) is 12.0. The SMILES string of the molecule is CN(C(/C=C\c1ccccc1)CN)C1CCCCC1. The molecule has 19 heavy (non-hydrogen) atoms. The number of hydrogen-bond donors (Lipinski definition) is 1. The van der Waals surface area contributed by atoms with Crippen LogP contribution in [0.3, 0.4) is 0 Å². The van der Waals surface area contributed by atoms with Crippen LogP contribution in [0.4, 0.5) is 0 Å². The second-order valence-electron chi connectivity index (χ2n) is 5.53. The Kier molecular flexibility index (Phi) is 5.62. The van der Waals surface area contributed by atoms with Crippen LogP contribution in [-0.4, -0.2) is 30.6 Å². The van der Waals surface area contributed by atoms with E-state index in [1.807, 2.05) is 6.07 Å². The van der Waals surface area contributed by atoms with Crippen LogP contribution in [0.2, 0.25) is 0 Å². The molecule has 1 saturated carbocycles. The molecule has 1 fully saturated rings. The molecule has 1 aromatic carbocycles. The summed E-state index contributed by atoms with van der Waals surface area (Å²) in [5.74, 6) is 0. The molecule has 104 valence electrons. The highest BCUT2D eigenvalue weighted by molar-refractivity contribution is 5.49. The Morgan fingerprint density at radius 1 is 1.21 bits per heavy atom. The van der Waals surface area contributed by atoms with E-state index in [0.29, 0.717) is 18.6 Å². The summed E-state index contributed by atoms with van der Waals surface area (Å²) in [4.78, 5) is 2.47. The summed E-state index contributed by atoms with van der Waals surface area (Å²) < 4.78 is 0. The maximum atomic E-state index is 5.95. The van der Waals surface area contributed by atoms with Crippen molar-refractivity contribution in [2.24, 2.45) is 5.73 Å². The molecule has 2 rings (SSSR count). The highest BCUT2D eigenvalue weighted by Gasteiger charge is 2.21. The first kappa shape index (κ1) is 14.3. The van der Waals surface area contributed by atoms with Gasteiger partial charge in [-0.15, -0.1) is 0 Å². The van der Waals surface area contributed by atoms with E-state index in [9.17, 15) is 0 Å². The van der Waals surface area contributed by atoms with Crippen molar-refractivity contribution < 1.29 is 0 Å². The van der Waals surface area contributed by atoms with E-state index in [4.69, 9.17) is 5.73 Å². The lowest BCUT2D eigenvalue weighted by Crippen LogP contribution is -2.44. The monoisotopic (exact) mass is 258 g/mol. The van der Waals surface area contributed by atoms with Crippen LogP contribution in [0.5, 0.6) is 0 Å². The van der Waals surface area contributed by atoms with Gasteiger partial charge in [0.15, 0.2) is 0 Å². The van der Waals surface area contributed by atoms with E-state index in [2.05, 4.69) is 48.4 Å². The van der Waals surface area contributed by atoms with Gasteiger partial charge in [-0.25, -0.2) is 0 Å². The molecule has 1 aromatic rings. The Balaban J connectivity index is 1.97. The fourth-order valence-electron chi connectivity index (χ4n) is 2.93. The molecule has 2 nitrogen and oxygen atoms in total. The van der Waals surface area contributed by atoms with Crippen molar-refractivity contribution in [3.8, 4) is 0 Å². The van der Waals surface area contributed by atoms with E-state index in [1.54, 1.807) is 0 Å². The molecule has 2 heteroatoms. The summed E-state index contributed by atoms with van der Waals surface area (Å²) in [5, 5.41) is 0. The fourth-order valence-corrected chi connectivity index (χ4v) is 2.93. The van der Waals surface area contributed by atoms with E-state index in [-0.39, 0.29) is 0 Å². The molecule has 0 aliphatic heterocycles. The normalized spacial score (nSPS) is 19.1. The number of benzene rings is 1. The molecule has 0 bridgehead atoms. The zero-order valence-electron chi connectivity index (χ0n) is 12.0. The van der Waals surface area contributed by atoms with Crippen LogP contribution >= 0.6 is 0 Å². The predicted molar refractivity (Wildman–Crippen MR) is 83.0 cm³/mol. The number of likely N-dealkylation sites (N-methyl/N-ethyl adjacent to an activating group) is 1. The summed E-state index contributed by atoms with van der Waals surface area (Å²) in [6.45, 7) is 0.691. The average molecular weight is 258 g/mol. The van der Waals surface area contributed by atoms with Crippen LogP contribution in [0.25, 0.3) is 6.08 Å². The van der Waals surface area contributed by atoms with Gasteiger partial charge >= 0.3 is 0 Å². The lowest BCUT2D eigenvalue weighted by atomic mass is 9.93. The third-order valence-electron chi connectivity index (χ3n) is 4.23. The average Bonchev–Trinajstić information content (AvgIpc) is 2.49. The minimum absolute atomic E-state index is 0.350. The van der Waals surface area contributed by atoms with Crippen LogP contribution in [0.1, 0.15) is 37.7 Å². The van der Waals surface area contributed by atoms with E-state index in [0.717, 1.165) is 0 Å². The molecular weight excluding hydrogens is 232 g/mol.